The Bertz CT molecular complexity index is 817. The number of carbonyl (C=O) groups is 1. The number of phosphoric ester groups is 1. The van der Waals surface area contributed by atoms with Crippen LogP contribution in [0.3, 0.4) is 0 Å². The van der Waals surface area contributed by atoms with Gasteiger partial charge >= 0.3 is 13.9 Å². The zero-order chi connectivity index (χ0) is 32.2. The van der Waals surface area contributed by atoms with E-state index >= 15 is 0 Å². The maximum absolute atomic E-state index is 12.4. The van der Waals surface area contributed by atoms with Crippen LogP contribution in [0.15, 0.2) is 30.3 Å². The van der Waals surface area contributed by atoms with Gasteiger partial charge in [-0.15, -0.1) is 0 Å². The van der Waals surface area contributed by atoms with E-state index in [9.17, 15) is 14.5 Å². The highest BCUT2D eigenvalue weighted by Crippen LogP contribution is 2.35. The van der Waals surface area contributed by atoms with Crippen molar-refractivity contribution in [2.45, 2.75) is 116 Å². The lowest BCUT2D eigenvalue weighted by Gasteiger charge is -2.23. The molecule has 0 spiro atoms. The van der Waals surface area contributed by atoms with E-state index in [0.717, 1.165) is 24.9 Å². The number of likely N-dealkylation sites (N-methyl/N-ethyl adjacent to an activating group) is 1. The molecule has 1 aromatic rings. The van der Waals surface area contributed by atoms with Gasteiger partial charge in [0, 0.05) is 19.6 Å². The zero-order valence-corrected chi connectivity index (χ0v) is 28.7. The molecule has 0 heterocycles. The molecule has 0 aliphatic rings. The Hall–Kier alpha value is -1.48. The number of benzene rings is 1. The predicted molar refractivity (Wildman–Crippen MR) is 178 cm³/mol. The summed E-state index contributed by atoms with van der Waals surface area (Å²) in [7, 11) is 1.50. The van der Waals surface area contributed by atoms with Crippen molar-refractivity contribution in [1.29, 1.82) is 0 Å². The van der Waals surface area contributed by atoms with Crippen molar-refractivity contribution in [3.63, 3.8) is 0 Å². The molecule has 43 heavy (non-hydrogen) atoms. The van der Waals surface area contributed by atoms with Crippen molar-refractivity contribution in [2.24, 2.45) is 0 Å². The molecule has 0 radical (unpaired) electrons. The summed E-state index contributed by atoms with van der Waals surface area (Å²) < 4.78 is 15.1. The highest BCUT2D eigenvalue weighted by Gasteiger charge is 2.16. The van der Waals surface area contributed by atoms with Gasteiger partial charge in [0.2, 0.25) is 0 Å². The van der Waals surface area contributed by atoms with Crippen molar-refractivity contribution in [2.75, 3.05) is 54.0 Å². The van der Waals surface area contributed by atoms with Gasteiger partial charge in [-0.3, -0.25) is 4.52 Å². The molecule has 9 nitrogen and oxygen atoms in total. The number of phosphoric acid groups is 1. The molecule has 0 bridgehead atoms. The van der Waals surface area contributed by atoms with Crippen LogP contribution in [0, 0.1) is 0 Å². The van der Waals surface area contributed by atoms with E-state index in [2.05, 4.69) is 16.8 Å². The monoisotopic (exact) mass is 630 g/mol. The van der Waals surface area contributed by atoms with Crippen LogP contribution in [0.5, 0.6) is 0 Å². The van der Waals surface area contributed by atoms with Gasteiger partial charge in [-0.25, -0.2) is 9.36 Å². The third kappa shape index (κ3) is 30.3. The number of aliphatic hydroxyl groups excluding tert-OH is 1. The largest absolute Gasteiger partial charge is 0.469 e. The Morgan fingerprint density at radius 3 is 1.67 bits per heavy atom. The number of nitrogens with zero attached hydrogens (tertiary/aromatic N) is 2. The van der Waals surface area contributed by atoms with Crippen LogP contribution < -0.4 is 5.32 Å². The molecule has 0 fully saturated rings. The Morgan fingerprint density at radius 2 is 1.26 bits per heavy atom. The molecule has 0 aliphatic carbocycles. The SMILES string of the molecule is CCCCCCCCCCCCCCCCCCN(CCO)C(=O)NCc1ccccc1.C[N+](C)(C)CCOP(=O)(O)O. The van der Waals surface area contributed by atoms with Crippen LogP contribution in [-0.4, -0.2) is 84.3 Å². The number of unbranched alkanes of at least 4 members (excludes halogenated alkanes) is 15. The van der Waals surface area contributed by atoms with Crippen molar-refractivity contribution < 1.29 is 33.3 Å². The minimum Gasteiger partial charge on any atom is -0.395 e. The number of quaternary nitrogens is 1. The molecule has 0 unspecified atom stereocenters. The molecule has 10 heteroatoms. The van der Waals surface area contributed by atoms with Crippen LogP contribution in [0.1, 0.15) is 115 Å². The number of carbonyl (C=O) groups excluding carboxylic acids is 1. The summed E-state index contributed by atoms with van der Waals surface area (Å²) in [5.74, 6) is 0. The molecule has 1 aromatic carbocycles. The van der Waals surface area contributed by atoms with Crippen molar-refractivity contribution >= 4 is 13.9 Å². The molecule has 0 saturated carbocycles. The molecule has 1 rings (SSSR count). The first-order chi connectivity index (χ1) is 20.5. The van der Waals surface area contributed by atoms with Gasteiger partial charge in [0.05, 0.1) is 27.7 Å². The van der Waals surface area contributed by atoms with E-state index in [-0.39, 0.29) is 19.2 Å². The van der Waals surface area contributed by atoms with Gasteiger partial charge < -0.3 is 29.6 Å². The van der Waals surface area contributed by atoms with Crippen molar-refractivity contribution in [3.05, 3.63) is 35.9 Å². The number of hydrogen-bond donors (Lipinski definition) is 4. The summed E-state index contributed by atoms with van der Waals surface area (Å²) in [4.78, 5) is 30.7. The second kappa shape index (κ2) is 26.9. The number of rotatable bonds is 25. The Kier molecular flexibility index (Phi) is 26.0. The minimum absolute atomic E-state index is 0.0115. The number of amides is 2. The number of urea groups is 1. The molecule has 252 valence electrons. The second-order valence-corrected chi connectivity index (χ2v) is 13.7. The lowest BCUT2D eigenvalue weighted by Crippen LogP contribution is -2.41. The van der Waals surface area contributed by atoms with Gasteiger partial charge in [0.15, 0.2) is 0 Å². The van der Waals surface area contributed by atoms with Gasteiger partial charge in [0.25, 0.3) is 0 Å². The summed E-state index contributed by atoms with van der Waals surface area (Å²) in [6.45, 7) is 4.60. The topological polar surface area (TPSA) is 119 Å². The van der Waals surface area contributed by atoms with Gasteiger partial charge in [-0.2, -0.15) is 0 Å². The smallest absolute Gasteiger partial charge is 0.395 e. The number of nitrogens with one attached hydrogen (secondary N) is 1. The van der Waals surface area contributed by atoms with Gasteiger partial charge in [0.1, 0.15) is 13.2 Å². The average molecular weight is 631 g/mol. The molecule has 0 aromatic heterocycles. The third-order valence-electron chi connectivity index (χ3n) is 7.25. The Balaban J connectivity index is 0.00000135. The molecule has 0 saturated heterocycles. The summed E-state index contributed by atoms with van der Waals surface area (Å²) in [6, 6.07) is 9.86. The fourth-order valence-electron chi connectivity index (χ4n) is 4.61. The van der Waals surface area contributed by atoms with E-state index in [1.54, 1.807) is 4.90 Å². The lowest BCUT2D eigenvalue weighted by atomic mass is 10.0. The van der Waals surface area contributed by atoms with Crippen LogP contribution in [0.2, 0.25) is 0 Å². The van der Waals surface area contributed by atoms with Crippen molar-refractivity contribution in [1.82, 2.24) is 10.2 Å². The maximum Gasteiger partial charge on any atom is 0.469 e. The van der Waals surface area contributed by atoms with E-state index in [4.69, 9.17) is 9.79 Å². The highest BCUT2D eigenvalue weighted by atomic mass is 31.2. The van der Waals surface area contributed by atoms with Crippen LogP contribution in [0.25, 0.3) is 0 Å². The predicted octanol–water partition coefficient (Wildman–Crippen LogP) is 7.25. The van der Waals surface area contributed by atoms with E-state index in [1.165, 1.54) is 89.9 Å². The normalized spacial score (nSPS) is 11.6. The van der Waals surface area contributed by atoms with E-state index in [1.807, 2.05) is 51.5 Å². The van der Waals surface area contributed by atoms with Gasteiger partial charge in [-0.05, 0) is 12.0 Å². The van der Waals surface area contributed by atoms with Crippen LogP contribution in [-0.2, 0) is 15.6 Å². The molecule has 2 amide bonds. The van der Waals surface area contributed by atoms with E-state index in [0.29, 0.717) is 24.1 Å². The summed E-state index contributed by atoms with van der Waals surface area (Å²) in [6.07, 6.45) is 21.6. The molecular formula is C33H65N3O6P+. The first kappa shape index (κ1) is 41.5. The standard InChI is InChI=1S/C28H50N2O2.C5H14NO4P/c1-2-3-4-5-6-7-8-9-10-11-12-13-14-15-16-20-23-30(24-25-31)28(32)29-26-27-21-18-17-19-22-27;1-6(2,3)4-5-10-11(7,8)9/h17-19,21-22,31H,2-16,20,23-26H2,1H3,(H,29,32);4-5H2,1-3H3,(H-,7,8,9)/p+1. The first-order valence-electron chi connectivity index (χ1n) is 16.7. The molecular weight excluding hydrogens is 565 g/mol. The van der Waals surface area contributed by atoms with E-state index < -0.39 is 7.82 Å². The summed E-state index contributed by atoms with van der Waals surface area (Å²) in [5.41, 5.74) is 1.09. The summed E-state index contributed by atoms with van der Waals surface area (Å²) >= 11 is 0. The quantitative estimate of drug-likeness (QED) is 0.0513. The molecule has 0 atom stereocenters. The highest BCUT2D eigenvalue weighted by molar-refractivity contribution is 7.46. The minimum atomic E-state index is -4.26. The van der Waals surface area contributed by atoms with Crippen LogP contribution in [0.4, 0.5) is 4.79 Å². The lowest BCUT2D eigenvalue weighted by molar-refractivity contribution is -0.870. The maximum atomic E-state index is 12.4. The first-order valence-corrected chi connectivity index (χ1v) is 18.2. The Labute approximate surface area is 263 Å². The molecule has 4 N–H and O–H groups in total. The summed E-state index contributed by atoms with van der Waals surface area (Å²) in [5, 5.41) is 12.2. The number of hydrogen-bond acceptors (Lipinski definition) is 4. The van der Waals surface area contributed by atoms with Crippen LogP contribution >= 0.6 is 7.82 Å². The zero-order valence-electron chi connectivity index (χ0n) is 27.9. The fourth-order valence-corrected chi connectivity index (χ4v) is 4.92. The number of aliphatic hydroxyl groups is 1. The fraction of sp³-hybridized carbons (Fsp3) is 0.788. The molecule has 0 aliphatic heterocycles. The average Bonchev–Trinajstić information content (AvgIpc) is 2.94. The van der Waals surface area contributed by atoms with Crippen molar-refractivity contribution in [3.8, 4) is 0 Å². The Morgan fingerprint density at radius 1 is 0.791 bits per heavy atom. The second-order valence-electron chi connectivity index (χ2n) is 12.5. The van der Waals surface area contributed by atoms with Gasteiger partial charge in [-0.1, -0.05) is 134 Å². The third-order valence-corrected chi connectivity index (χ3v) is 7.77.